The Morgan fingerprint density at radius 2 is 2.17 bits per heavy atom. The van der Waals surface area contributed by atoms with Crippen LogP contribution in [-0.4, -0.2) is 45.0 Å². The lowest BCUT2D eigenvalue weighted by molar-refractivity contribution is -0.126. The van der Waals surface area contributed by atoms with Crippen molar-refractivity contribution in [2.24, 2.45) is 0 Å². The molecule has 1 aromatic carbocycles. The average Bonchev–Trinajstić information content (AvgIpc) is 2.88. The van der Waals surface area contributed by atoms with E-state index < -0.39 is 11.6 Å². The first-order chi connectivity index (χ1) is 11.5. The molecule has 7 heteroatoms. The molecule has 3 N–H and O–H groups in total. The van der Waals surface area contributed by atoms with Gasteiger partial charge >= 0.3 is 0 Å². The lowest BCUT2D eigenvalue weighted by atomic mass is 9.79. The van der Waals surface area contributed by atoms with Crippen LogP contribution in [0.15, 0.2) is 30.3 Å². The first-order valence-corrected chi connectivity index (χ1v) is 8.14. The van der Waals surface area contributed by atoms with Gasteiger partial charge in [0.15, 0.2) is 0 Å². The van der Waals surface area contributed by atoms with Crippen molar-refractivity contribution < 1.29 is 9.90 Å². The summed E-state index contributed by atoms with van der Waals surface area (Å²) < 4.78 is 1.58. The fourth-order valence-corrected chi connectivity index (χ4v) is 3.29. The molecule has 3 rings (SSSR count). The van der Waals surface area contributed by atoms with Crippen LogP contribution in [0.25, 0.3) is 0 Å². The number of aliphatic hydroxyl groups excluding tert-OH is 1. The Hall–Kier alpha value is -2.25. The molecule has 1 aliphatic heterocycles. The number of carbonyl (C=O) groups excluding carboxylic acids is 1. The van der Waals surface area contributed by atoms with Gasteiger partial charge in [0.05, 0.1) is 11.6 Å². The Bertz CT molecular complexity index is 715. The lowest BCUT2D eigenvalue weighted by Crippen LogP contribution is -2.61. The highest BCUT2D eigenvalue weighted by Gasteiger charge is 2.42. The minimum absolute atomic E-state index is 0.0847. The highest BCUT2D eigenvalue weighted by Crippen LogP contribution is 2.31. The average molecular weight is 329 g/mol. The van der Waals surface area contributed by atoms with Gasteiger partial charge in [0.2, 0.25) is 5.91 Å². The van der Waals surface area contributed by atoms with E-state index in [1.807, 2.05) is 37.3 Å². The zero-order valence-corrected chi connectivity index (χ0v) is 14.0. The Kier molecular flexibility index (Phi) is 4.64. The summed E-state index contributed by atoms with van der Waals surface area (Å²) in [6.45, 7) is 4.87. The highest BCUT2D eigenvalue weighted by molar-refractivity contribution is 5.77. The zero-order chi connectivity index (χ0) is 17.2. The molecule has 1 aliphatic rings. The number of aryl methyl sites for hydroxylation is 2. The number of hydrogen-bond acceptors (Lipinski definition) is 5. The molecule has 0 radical (unpaired) electrons. The maximum atomic E-state index is 12.6. The number of benzene rings is 1. The number of nitrogens with zero attached hydrogens (tertiary/aromatic N) is 3. The number of aliphatic hydroxyl groups is 1. The van der Waals surface area contributed by atoms with Crippen LogP contribution in [0.5, 0.6) is 0 Å². The Morgan fingerprint density at radius 1 is 1.42 bits per heavy atom. The van der Waals surface area contributed by atoms with Crippen molar-refractivity contribution in [2.75, 3.05) is 13.1 Å². The molecule has 2 aromatic rings. The van der Waals surface area contributed by atoms with Gasteiger partial charge in [-0.25, -0.2) is 9.67 Å². The monoisotopic (exact) mass is 329 g/mol. The molecule has 0 spiro atoms. The minimum atomic E-state index is -0.785. The molecular formula is C17H23N5O2. The summed E-state index contributed by atoms with van der Waals surface area (Å²) >= 11 is 0. The molecule has 24 heavy (non-hydrogen) atoms. The fraction of sp³-hybridized carbons (Fsp3) is 0.471. The van der Waals surface area contributed by atoms with Crippen LogP contribution in [0.1, 0.15) is 23.6 Å². The van der Waals surface area contributed by atoms with Gasteiger partial charge in [0.1, 0.15) is 18.2 Å². The van der Waals surface area contributed by atoms with E-state index in [2.05, 4.69) is 20.7 Å². The van der Waals surface area contributed by atoms with E-state index in [4.69, 9.17) is 0 Å². The van der Waals surface area contributed by atoms with E-state index in [1.165, 1.54) is 0 Å². The summed E-state index contributed by atoms with van der Waals surface area (Å²) in [7, 11) is 0. The topological polar surface area (TPSA) is 92.1 Å². The first kappa shape index (κ1) is 16.6. The summed E-state index contributed by atoms with van der Waals surface area (Å²) in [5.74, 6) is 1.15. The molecule has 1 amide bonds. The SMILES string of the molecule is Cc1nc(C)n(CC(=O)N[C@@]2(c3ccccc3)CCNC[C@H]2O)n1. The second kappa shape index (κ2) is 6.70. The summed E-state index contributed by atoms with van der Waals surface area (Å²) in [4.78, 5) is 16.8. The molecule has 0 saturated carbocycles. The lowest BCUT2D eigenvalue weighted by Gasteiger charge is -2.43. The van der Waals surface area contributed by atoms with Gasteiger partial charge in [-0.1, -0.05) is 30.3 Å². The predicted octanol–water partition coefficient (Wildman–Crippen LogP) is 0.261. The van der Waals surface area contributed by atoms with Gasteiger partial charge in [0.25, 0.3) is 0 Å². The molecule has 1 saturated heterocycles. The number of amides is 1. The summed E-state index contributed by atoms with van der Waals surface area (Å²) in [6.07, 6.45) is -0.0737. The molecule has 1 fully saturated rings. The molecule has 0 aliphatic carbocycles. The van der Waals surface area contributed by atoms with E-state index in [9.17, 15) is 9.90 Å². The first-order valence-electron chi connectivity index (χ1n) is 8.14. The van der Waals surface area contributed by atoms with Crippen LogP contribution in [0, 0.1) is 13.8 Å². The zero-order valence-electron chi connectivity index (χ0n) is 14.0. The van der Waals surface area contributed by atoms with Crippen LogP contribution in [0.4, 0.5) is 0 Å². The number of piperidine rings is 1. The van der Waals surface area contributed by atoms with Crippen LogP contribution in [0.3, 0.4) is 0 Å². The molecule has 7 nitrogen and oxygen atoms in total. The van der Waals surface area contributed by atoms with Crippen LogP contribution < -0.4 is 10.6 Å². The summed E-state index contributed by atoms with van der Waals surface area (Å²) in [6, 6.07) is 9.65. The van der Waals surface area contributed by atoms with E-state index in [0.717, 1.165) is 12.1 Å². The smallest absolute Gasteiger partial charge is 0.242 e. The molecule has 1 aromatic heterocycles. The number of hydrogen-bond donors (Lipinski definition) is 3. The maximum absolute atomic E-state index is 12.6. The van der Waals surface area contributed by atoms with Gasteiger partial charge < -0.3 is 15.7 Å². The molecular weight excluding hydrogens is 306 g/mol. The van der Waals surface area contributed by atoms with Crippen LogP contribution in [0.2, 0.25) is 0 Å². The fourth-order valence-electron chi connectivity index (χ4n) is 3.29. The van der Waals surface area contributed by atoms with Crippen LogP contribution in [-0.2, 0) is 16.9 Å². The Labute approximate surface area is 141 Å². The maximum Gasteiger partial charge on any atom is 0.242 e. The van der Waals surface area contributed by atoms with E-state index in [-0.39, 0.29) is 12.5 Å². The summed E-state index contributed by atoms with van der Waals surface area (Å²) in [5.41, 5.74) is 0.131. The van der Waals surface area contributed by atoms with Gasteiger partial charge in [-0.3, -0.25) is 4.79 Å². The van der Waals surface area contributed by atoms with Gasteiger partial charge in [-0.15, -0.1) is 0 Å². The molecule has 2 heterocycles. The van der Waals surface area contributed by atoms with Gasteiger partial charge in [0, 0.05) is 6.54 Å². The van der Waals surface area contributed by atoms with E-state index in [1.54, 1.807) is 11.6 Å². The van der Waals surface area contributed by atoms with Crippen molar-refractivity contribution in [1.29, 1.82) is 0 Å². The van der Waals surface area contributed by atoms with E-state index >= 15 is 0 Å². The Balaban J connectivity index is 1.84. The van der Waals surface area contributed by atoms with Crippen LogP contribution >= 0.6 is 0 Å². The molecule has 2 atom stereocenters. The quantitative estimate of drug-likeness (QED) is 0.748. The largest absolute Gasteiger partial charge is 0.389 e. The molecule has 0 unspecified atom stereocenters. The number of β-amino-alcohol motifs (C(OH)–C–C–N with tert-alkyl or cyclic N) is 1. The number of nitrogens with one attached hydrogen (secondary N) is 2. The van der Waals surface area contributed by atoms with Crippen molar-refractivity contribution in [3.05, 3.63) is 47.5 Å². The second-order valence-corrected chi connectivity index (χ2v) is 6.22. The predicted molar refractivity (Wildman–Crippen MR) is 89.3 cm³/mol. The van der Waals surface area contributed by atoms with Crippen molar-refractivity contribution in [3.8, 4) is 0 Å². The van der Waals surface area contributed by atoms with E-state index in [0.29, 0.717) is 24.6 Å². The number of carbonyl (C=O) groups is 1. The van der Waals surface area contributed by atoms with Gasteiger partial charge in [-0.2, -0.15) is 5.10 Å². The second-order valence-electron chi connectivity index (χ2n) is 6.22. The standard InChI is InChI=1S/C17H23N5O2/c1-12-19-13(2)22(21-12)11-16(24)20-17(8-9-18-10-15(17)23)14-6-4-3-5-7-14/h3-7,15,18,23H,8-11H2,1-2H3,(H,20,24)/t15-,17-/m1/s1. The van der Waals surface area contributed by atoms with Gasteiger partial charge in [-0.05, 0) is 32.4 Å². The minimum Gasteiger partial charge on any atom is -0.389 e. The normalized spacial score (nSPS) is 23.9. The summed E-state index contributed by atoms with van der Waals surface area (Å²) in [5, 5.41) is 21.1. The molecule has 128 valence electrons. The third-order valence-corrected chi connectivity index (χ3v) is 4.51. The van der Waals surface area contributed by atoms with Crippen molar-refractivity contribution in [3.63, 3.8) is 0 Å². The number of aromatic nitrogens is 3. The highest BCUT2D eigenvalue weighted by atomic mass is 16.3. The van der Waals surface area contributed by atoms with Crippen molar-refractivity contribution in [1.82, 2.24) is 25.4 Å². The van der Waals surface area contributed by atoms with Crippen molar-refractivity contribution >= 4 is 5.91 Å². The number of rotatable bonds is 4. The third kappa shape index (κ3) is 3.18. The third-order valence-electron chi connectivity index (χ3n) is 4.51. The van der Waals surface area contributed by atoms with Crippen molar-refractivity contribution in [2.45, 2.75) is 38.5 Å². The molecule has 0 bridgehead atoms. The Morgan fingerprint density at radius 3 is 2.79 bits per heavy atom.